The van der Waals surface area contributed by atoms with Gasteiger partial charge in [-0.2, -0.15) is 0 Å². The lowest BCUT2D eigenvalue weighted by Crippen LogP contribution is -2.59. The van der Waals surface area contributed by atoms with Crippen LogP contribution in [0.2, 0.25) is 10.0 Å². The Morgan fingerprint density at radius 3 is 2.79 bits per heavy atom. The number of methoxy groups -OCH3 is 1. The quantitative estimate of drug-likeness (QED) is 0.821. The Labute approximate surface area is 122 Å². The molecule has 3 unspecified atom stereocenters. The van der Waals surface area contributed by atoms with Crippen LogP contribution in [0.4, 0.5) is 0 Å². The molecule has 1 aliphatic rings. The summed E-state index contributed by atoms with van der Waals surface area (Å²) in [4.78, 5) is 0. The van der Waals surface area contributed by atoms with E-state index < -0.39 is 0 Å². The smallest absolute Gasteiger partial charge is 0.139 e. The number of ether oxygens (including phenoxy) is 3. The molecule has 1 saturated carbocycles. The molecule has 1 aromatic rings. The van der Waals surface area contributed by atoms with Gasteiger partial charge in [0.05, 0.1) is 18.2 Å². The highest BCUT2D eigenvalue weighted by Crippen LogP contribution is 2.35. The van der Waals surface area contributed by atoms with E-state index in [1.165, 1.54) is 0 Å². The highest BCUT2D eigenvalue weighted by molar-refractivity contribution is 6.42. The zero-order chi connectivity index (χ0) is 13.8. The molecule has 0 spiro atoms. The minimum atomic E-state index is -0.134. The second-order valence-electron chi connectivity index (χ2n) is 4.44. The van der Waals surface area contributed by atoms with Crippen molar-refractivity contribution in [2.45, 2.75) is 24.7 Å². The maximum Gasteiger partial charge on any atom is 0.139 e. The number of hydrogen-bond acceptors (Lipinski definition) is 4. The van der Waals surface area contributed by atoms with Crippen LogP contribution < -0.4 is 10.5 Å². The first-order chi connectivity index (χ1) is 9.13. The number of halogens is 2. The van der Waals surface area contributed by atoms with Gasteiger partial charge in [-0.3, -0.25) is 0 Å². The van der Waals surface area contributed by atoms with Crippen LogP contribution >= 0.6 is 23.2 Å². The second kappa shape index (κ2) is 6.77. The Hall–Kier alpha value is -0.520. The predicted molar refractivity (Wildman–Crippen MR) is 75.1 cm³/mol. The van der Waals surface area contributed by atoms with Crippen LogP contribution in [0.5, 0.6) is 5.75 Å². The number of rotatable bonds is 6. The van der Waals surface area contributed by atoms with Crippen molar-refractivity contribution in [3.05, 3.63) is 28.2 Å². The minimum Gasteiger partial charge on any atom is -0.486 e. The molecule has 2 N–H and O–H groups in total. The molecule has 2 rings (SSSR count). The molecule has 0 radical (unpaired) electrons. The molecule has 4 nitrogen and oxygen atoms in total. The lowest BCUT2D eigenvalue weighted by molar-refractivity contribution is -0.107. The Kier molecular flexibility index (Phi) is 5.30. The molecule has 0 heterocycles. The van der Waals surface area contributed by atoms with Crippen molar-refractivity contribution in [1.29, 1.82) is 0 Å². The number of benzene rings is 1. The van der Waals surface area contributed by atoms with Gasteiger partial charge >= 0.3 is 0 Å². The largest absolute Gasteiger partial charge is 0.486 e. The predicted octanol–water partition coefficient (Wildman–Crippen LogP) is 2.50. The summed E-state index contributed by atoms with van der Waals surface area (Å²) in [6.07, 6.45) is 0.508. The summed E-state index contributed by atoms with van der Waals surface area (Å²) in [6, 6.07) is 5.28. The van der Waals surface area contributed by atoms with Crippen molar-refractivity contribution in [2.75, 3.05) is 20.3 Å². The summed E-state index contributed by atoms with van der Waals surface area (Å²) in [5.74, 6) is 0.561. The summed E-state index contributed by atoms with van der Waals surface area (Å²) in [5.41, 5.74) is 5.91. The van der Waals surface area contributed by atoms with Gasteiger partial charge in [-0.25, -0.2) is 0 Å². The number of hydrogen-bond donors (Lipinski definition) is 1. The van der Waals surface area contributed by atoms with Crippen molar-refractivity contribution in [3.8, 4) is 5.75 Å². The van der Waals surface area contributed by atoms with Crippen LogP contribution in [0.1, 0.15) is 6.42 Å². The van der Waals surface area contributed by atoms with E-state index in [1.807, 2.05) is 0 Å². The highest BCUT2D eigenvalue weighted by Gasteiger charge is 2.41. The molecule has 0 aliphatic heterocycles. The maximum atomic E-state index is 6.08. The summed E-state index contributed by atoms with van der Waals surface area (Å²) in [6.45, 7) is 1.03. The molecule has 1 fully saturated rings. The molecule has 1 aromatic carbocycles. The minimum absolute atomic E-state index is 0.0141. The highest BCUT2D eigenvalue weighted by atomic mass is 35.5. The van der Waals surface area contributed by atoms with E-state index in [2.05, 4.69) is 0 Å². The average molecular weight is 306 g/mol. The third-order valence-corrected chi connectivity index (χ3v) is 3.89. The van der Waals surface area contributed by atoms with Crippen LogP contribution in [0, 0.1) is 0 Å². The normalized spacial score (nSPS) is 26.0. The SMILES string of the molecule is COCCOC1C(N)CC1Oc1cccc(Cl)c1Cl. The van der Waals surface area contributed by atoms with E-state index in [1.54, 1.807) is 25.3 Å². The Bertz CT molecular complexity index is 430. The van der Waals surface area contributed by atoms with Crippen LogP contribution in [0.25, 0.3) is 0 Å². The molecule has 1 aliphatic carbocycles. The third-order valence-electron chi connectivity index (χ3n) is 3.09. The van der Waals surface area contributed by atoms with Crippen molar-refractivity contribution in [1.82, 2.24) is 0 Å². The molecular weight excluding hydrogens is 289 g/mol. The van der Waals surface area contributed by atoms with Crippen molar-refractivity contribution >= 4 is 23.2 Å². The Balaban J connectivity index is 1.93. The third kappa shape index (κ3) is 3.52. The average Bonchev–Trinajstić information content (AvgIpc) is 2.39. The molecule has 19 heavy (non-hydrogen) atoms. The van der Waals surface area contributed by atoms with Crippen LogP contribution in [-0.2, 0) is 9.47 Å². The molecule has 0 amide bonds. The van der Waals surface area contributed by atoms with Gasteiger partial charge < -0.3 is 19.9 Å². The van der Waals surface area contributed by atoms with E-state index >= 15 is 0 Å². The Morgan fingerprint density at radius 2 is 2.11 bits per heavy atom. The van der Waals surface area contributed by atoms with Gasteiger partial charge in [0, 0.05) is 19.6 Å². The van der Waals surface area contributed by atoms with Crippen molar-refractivity contribution in [2.24, 2.45) is 5.73 Å². The fourth-order valence-corrected chi connectivity index (χ4v) is 2.30. The van der Waals surface area contributed by atoms with Gasteiger partial charge in [0.1, 0.15) is 23.0 Å². The molecule has 106 valence electrons. The van der Waals surface area contributed by atoms with Crippen LogP contribution in [0.3, 0.4) is 0 Å². The van der Waals surface area contributed by atoms with E-state index in [0.29, 0.717) is 29.0 Å². The van der Waals surface area contributed by atoms with E-state index in [0.717, 1.165) is 6.42 Å². The zero-order valence-electron chi connectivity index (χ0n) is 10.6. The van der Waals surface area contributed by atoms with E-state index in [-0.39, 0.29) is 18.2 Å². The lowest BCUT2D eigenvalue weighted by atomic mass is 9.86. The van der Waals surface area contributed by atoms with Crippen LogP contribution in [-0.4, -0.2) is 38.6 Å². The molecule has 3 atom stereocenters. The topological polar surface area (TPSA) is 53.7 Å². The summed E-state index contributed by atoms with van der Waals surface area (Å²) >= 11 is 12.0. The van der Waals surface area contributed by atoms with Gasteiger partial charge in [-0.15, -0.1) is 0 Å². The Morgan fingerprint density at radius 1 is 1.32 bits per heavy atom. The second-order valence-corrected chi connectivity index (χ2v) is 5.22. The van der Waals surface area contributed by atoms with Gasteiger partial charge in [-0.1, -0.05) is 29.3 Å². The monoisotopic (exact) mass is 305 g/mol. The fourth-order valence-electron chi connectivity index (χ4n) is 1.97. The van der Waals surface area contributed by atoms with E-state index in [9.17, 15) is 0 Å². The summed E-state index contributed by atoms with van der Waals surface area (Å²) in [7, 11) is 1.63. The standard InChI is InChI=1S/C13H17Cl2NO3/c1-17-5-6-18-13-9(16)7-11(13)19-10-4-2-3-8(14)12(10)15/h2-4,9,11,13H,5-7,16H2,1H3. The van der Waals surface area contributed by atoms with Gasteiger partial charge in [0.25, 0.3) is 0 Å². The molecular formula is C13H17Cl2NO3. The molecule has 0 aromatic heterocycles. The van der Waals surface area contributed by atoms with Crippen molar-refractivity contribution < 1.29 is 14.2 Å². The van der Waals surface area contributed by atoms with Crippen LogP contribution in [0.15, 0.2) is 18.2 Å². The van der Waals surface area contributed by atoms with Gasteiger partial charge in [-0.05, 0) is 12.1 Å². The lowest BCUT2D eigenvalue weighted by Gasteiger charge is -2.41. The fraction of sp³-hybridized carbons (Fsp3) is 0.538. The summed E-state index contributed by atoms with van der Waals surface area (Å²) < 4.78 is 16.4. The first-order valence-electron chi connectivity index (χ1n) is 6.10. The van der Waals surface area contributed by atoms with Crippen molar-refractivity contribution in [3.63, 3.8) is 0 Å². The van der Waals surface area contributed by atoms with Gasteiger partial charge in [0.15, 0.2) is 0 Å². The first kappa shape index (κ1) is 14.9. The zero-order valence-corrected chi connectivity index (χ0v) is 12.2. The molecule has 6 heteroatoms. The molecule has 0 saturated heterocycles. The number of nitrogens with two attached hydrogens (primary N) is 1. The molecule has 0 bridgehead atoms. The first-order valence-corrected chi connectivity index (χ1v) is 6.86. The summed E-state index contributed by atoms with van der Waals surface area (Å²) in [5, 5.41) is 0.889. The van der Waals surface area contributed by atoms with Gasteiger partial charge in [0.2, 0.25) is 0 Å². The maximum absolute atomic E-state index is 6.08. The van der Waals surface area contributed by atoms with E-state index in [4.69, 9.17) is 43.1 Å².